The number of hydrogen-bond acceptors (Lipinski definition) is 4. The molecule has 0 spiro atoms. The monoisotopic (exact) mass is 300 g/mol. The van der Waals surface area contributed by atoms with Gasteiger partial charge in [-0.25, -0.2) is 0 Å². The van der Waals surface area contributed by atoms with E-state index in [0.717, 1.165) is 17.1 Å². The molecule has 0 bridgehead atoms. The lowest BCUT2D eigenvalue weighted by Crippen LogP contribution is -2.53. The molecule has 5 heteroatoms. The summed E-state index contributed by atoms with van der Waals surface area (Å²) < 4.78 is 5.63. The molecule has 22 heavy (non-hydrogen) atoms. The molecule has 0 unspecified atom stereocenters. The Morgan fingerprint density at radius 3 is 2.23 bits per heavy atom. The van der Waals surface area contributed by atoms with Crippen molar-refractivity contribution in [3.05, 3.63) is 42.0 Å². The molecule has 0 aliphatic rings. The Kier molecular flexibility index (Phi) is 4.43. The fourth-order valence-corrected chi connectivity index (χ4v) is 2.00. The van der Waals surface area contributed by atoms with Crippen molar-refractivity contribution in [2.75, 3.05) is 0 Å². The first kappa shape index (κ1) is 16.7. The zero-order valence-corrected chi connectivity index (χ0v) is 13.3. The van der Waals surface area contributed by atoms with Gasteiger partial charge in [-0.1, -0.05) is 30.3 Å². The van der Waals surface area contributed by atoms with Crippen LogP contribution >= 0.6 is 0 Å². The van der Waals surface area contributed by atoms with Gasteiger partial charge in [-0.3, -0.25) is 4.79 Å². The summed E-state index contributed by atoms with van der Waals surface area (Å²) in [6.07, 6.45) is 0.803. The van der Waals surface area contributed by atoms with E-state index in [1.165, 1.54) is 0 Å². The van der Waals surface area contributed by atoms with E-state index in [0.29, 0.717) is 11.0 Å². The van der Waals surface area contributed by atoms with E-state index in [-0.39, 0.29) is 0 Å². The van der Waals surface area contributed by atoms with Gasteiger partial charge in [0.25, 0.3) is 0 Å². The largest absolute Gasteiger partial charge is 0.491 e. The first-order valence-electron chi connectivity index (χ1n) is 7.21. The summed E-state index contributed by atoms with van der Waals surface area (Å²) in [5, 5.41) is 22.2. The maximum absolute atomic E-state index is 10.8. The number of aldehydes is 1. The average Bonchev–Trinajstić information content (AvgIpc) is 2.44. The molecule has 2 aromatic rings. The molecule has 0 heterocycles. The second-order valence-corrected chi connectivity index (χ2v) is 6.52. The van der Waals surface area contributed by atoms with E-state index in [1.807, 2.05) is 18.2 Å². The molecule has 2 aromatic carbocycles. The molecule has 0 atom stereocenters. The van der Waals surface area contributed by atoms with E-state index in [9.17, 15) is 14.9 Å². The molecule has 0 amide bonds. The van der Waals surface area contributed by atoms with Crippen LogP contribution in [-0.4, -0.2) is 34.7 Å². The van der Waals surface area contributed by atoms with Crippen LogP contribution in [0.5, 0.6) is 0 Å². The number of benzene rings is 2. The Morgan fingerprint density at radius 2 is 1.64 bits per heavy atom. The average molecular weight is 300 g/mol. The van der Waals surface area contributed by atoms with Crippen molar-refractivity contribution in [3.63, 3.8) is 0 Å². The van der Waals surface area contributed by atoms with Crippen molar-refractivity contribution >= 4 is 29.6 Å². The Hall–Kier alpha value is -1.69. The molecule has 4 nitrogen and oxygen atoms in total. The van der Waals surface area contributed by atoms with Gasteiger partial charge in [0.2, 0.25) is 0 Å². The highest BCUT2D eigenvalue weighted by Crippen LogP contribution is 2.25. The minimum atomic E-state index is -1.14. The van der Waals surface area contributed by atoms with Crippen LogP contribution in [0.15, 0.2) is 36.4 Å². The molecular weight excluding hydrogens is 279 g/mol. The van der Waals surface area contributed by atoms with Gasteiger partial charge in [-0.15, -0.1) is 0 Å². The Balaban J connectivity index is 2.29. The van der Waals surface area contributed by atoms with Crippen molar-refractivity contribution in [2.45, 2.75) is 38.9 Å². The Morgan fingerprint density at radius 1 is 1.05 bits per heavy atom. The molecule has 116 valence electrons. The number of hydrogen-bond donors (Lipinski definition) is 2. The topological polar surface area (TPSA) is 66.8 Å². The quantitative estimate of drug-likeness (QED) is 0.654. The molecule has 0 aliphatic carbocycles. The third kappa shape index (κ3) is 3.38. The summed E-state index contributed by atoms with van der Waals surface area (Å²) in [6, 6.07) is 10.8. The van der Waals surface area contributed by atoms with Crippen LogP contribution in [0.25, 0.3) is 10.8 Å². The maximum atomic E-state index is 10.8. The van der Waals surface area contributed by atoms with E-state index < -0.39 is 18.3 Å². The SMILES string of the molecule is CC(C)(O)C(C)(C)OB(O)c1ccc2cc(C=O)ccc2c1. The first-order chi connectivity index (χ1) is 10.1. The maximum Gasteiger partial charge on any atom is 0.491 e. The number of carbonyl (C=O) groups is 1. The molecule has 0 aliphatic heterocycles. The first-order valence-corrected chi connectivity index (χ1v) is 7.21. The van der Waals surface area contributed by atoms with Crippen molar-refractivity contribution in [1.29, 1.82) is 0 Å². The Bertz CT molecular complexity index is 689. The summed E-state index contributed by atoms with van der Waals surface area (Å²) in [6.45, 7) is 6.74. The Labute approximate surface area is 130 Å². The van der Waals surface area contributed by atoms with Crippen LogP contribution in [0, 0.1) is 0 Å². The lowest BCUT2D eigenvalue weighted by Gasteiger charge is -2.38. The van der Waals surface area contributed by atoms with Gasteiger partial charge in [0.15, 0.2) is 0 Å². The van der Waals surface area contributed by atoms with Crippen LogP contribution < -0.4 is 5.46 Å². The predicted octanol–water partition coefficient (Wildman–Crippen LogP) is 1.91. The van der Waals surface area contributed by atoms with Crippen molar-refractivity contribution in [3.8, 4) is 0 Å². The fraction of sp³-hybridized carbons (Fsp3) is 0.353. The van der Waals surface area contributed by atoms with Gasteiger partial charge in [-0.2, -0.15) is 0 Å². The van der Waals surface area contributed by atoms with Crippen molar-refractivity contribution < 1.29 is 19.6 Å². The summed E-state index contributed by atoms with van der Waals surface area (Å²) in [5.74, 6) is 0. The van der Waals surface area contributed by atoms with Gasteiger partial charge < -0.3 is 14.8 Å². The molecule has 2 rings (SSSR count). The molecule has 0 fully saturated rings. The highest BCUT2D eigenvalue weighted by molar-refractivity contribution is 6.60. The van der Waals surface area contributed by atoms with E-state index in [2.05, 4.69) is 0 Å². The van der Waals surface area contributed by atoms with Crippen molar-refractivity contribution in [1.82, 2.24) is 0 Å². The molecule has 2 N–H and O–H groups in total. The van der Waals surface area contributed by atoms with Crippen LogP contribution in [0.3, 0.4) is 0 Å². The third-order valence-electron chi connectivity index (χ3n) is 4.19. The standard InChI is InChI=1S/C17H21BO4/c1-16(2,20)17(3,4)22-18(21)15-8-7-13-9-12(11-19)5-6-14(13)10-15/h5-11,20-21H,1-4H3. The van der Waals surface area contributed by atoms with Crippen molar-refractivity contribution in [2.24, 2.45) is 0 Å². The lowest BCUT2D eigenvalue weighted by molar-refractivity contribution is -0.0982. The van der Waals surface area contributed by atoms with Gasteiger partial charge in [0, 0.05) is 5.56 Å². The van der Waals surface area contributed by atoms with E-state index in [1.54, 1.807) is 45.9 Å². The second kappa shape index (κ2) is 5.84. The highest BCUT2D eigenvalue weighted by Gasteiger charge is 2.39. The number of fused-ring (bicyclic) bond motifs is 1. The third-order valence-corrected chi connectivity index (χ3v) is 4.19. The van der Waals surface area contributed by atoms with E-state index in [4.69, 9.17) is 4.65 Å². The number of rotatable bonds is 5. The summed E-state index contributed by atoms with van der Waals surface area (Å²) in [7, 11) is -1.14. The number of carbonyl (C=O) groups excluding carboxylic acids is 1. The van der Waals surface area contributed by atoms with Gasteiger partial charge in [-0.05, 0) is 50.0 Å². The number of aliphatic hydroxyl groups is 1. The van der Waals surface area contributed by atoms with Crippen LogP contribution in [0.2, 0.25) is 0 Å². The molecular formula is C17H21BO4. The predicted molar refractivity (Wildman–Crippen MR) is 88.4 cm³/mol. The second-order valence-electron chi connectivity index (χ2n) is 6.52. The summed E-state index contributed by atoms with van der Waals surface area (Å²) in [4.78, 5) is 10.8. The summed E-state index contributed by atoms with van der Waals surface area (Å²) >= 11 is 0. The zero-order valence-electron chi connectivity index (χ0n) is 13.3. The zero-order chi connectivity index (χ0) is 16.5. The molecule has 0 aromatic heterocycles. The molecule has 0 radical (unpaired) electrons. The van der Waals surface area contributed by atoms with Gasteiger partial charge in [0.05, 0.1) is 11.2 Å². The smallest absolute Gasteiger partial charge is 0.423 e. The van der Waals surface area contributed by atoms with Crippen LogP contribution in [0.1, 0.15) is 38.1 Å². The normalized spacial score (nSPS) is 12.5. The highest BCUT2D eigenvalue weighted by atomic mass is 16.5. The molecule has 0 saturated carbocycles. The fourth-order valence-electron chi connectivity index (χ4n) is 2.00. The minimum absolute atomic E-state index is 0.601. The van der Waals surface area contributed by atoms with Gasteiger partial charge >= 0.3 is 7.12 Å². The molecule has 0 saturated heterocycles. The lowest BCUT2D eigenvalue weighted by atomic mass is 9.76. The van der Waals surface area contributed by atoms with E-state index >= 15 is 0 Å². The van der Waals surface area contributed by atoms with Crippen LogP contribution in [-0.2, 0) is 4.65 Å². The van der Waals surface area contributed by atoms with Gasteiger partial charge in [0.1, 0.15) is 6.29 Å². The van der Waals surface area contributed by atoms with Crippen LogP contribution in [0.4, 0.5) is 0 Å². The summed E-state index contributed by atoms with van der Waals surface area (Å²) in [5.41, 5.74) is -0.796. The minimum Gasteiger partial charge on any atom is -0.423 e.